The highest BCUT2D eigenvalue weighted by molar-refractivity contribution is 7.89. The Hall–Kier alpha value is -1.26. The summed E-state index contributed by atoms with van der Waals surface area (Å²) in [5.74, 6) is -0.744. The molecule has 2 N–H and O–H groups in total. The van der Waals surface area contributed by atoms with Crippen molar-refractivity contribution in [3.8, 4) is 0 Å². The highest BCUT2D eigenvalue weighted by Gasteiger charge is 2.29. The molecule has 1 saturated heterocycles. The smallest absolute Gasteiger partial charge is 0.243 e. The van der Waals surface area contributed by atoms with Crippen LogP contribution < -0.4 is 5.73 Å². The molecule has 1 aromatic carbocycles. The summed E-state index contributed by atoms with van der Waals surface area (Å²) in [5, 5.41) is 0. The van der Waals surface area contributed by atoms with Crippen molar-refractivity contribution in [1.82, 2.24) is 9.21 Å². The Kier molecular flexibility index (Phi) is 8.23. The maximum absolute atomic E-state index is 13.0. The predicted molar refractivity (Wildman–Crippen MR) is 93.5 cm³/mol. The molecule has 1 aromatic rings. The monoisotopic (exact) mass is 395 g/mol. The highest BCUT2D eigenvalue weighted by atomic mass is 35.5. The van der Waals surface area contributed by atoms with Crippen molar-refractivity contribution in [1.29, 1.82) is 0 Å². The van der Waals surface area contributed by atoms with Crippen molar-refractivity contribution in [3.05, 3.63) is 30.1 Å². The fourth-order valence-electron chi connectivity index (χ4n) is 2.60. The number of benzene rings is 1. The molecule has 25 heavy (non-hydrogen) atoms. The highest BCUT2D eigenvalue weighted by Crippen LogP contribution is 2.18. The Bertz CT molecular complexity index is 672. The van der Waals surface area contributed by atoms with Crippen LogP contribution >= 0.6 is 12.4 Å². The summed E-state index contributed by atoms with van der Waals surface area (Å²) in [7, 11) is -2.24. The van der Waals surface area contributed by atoms with Gasteiger partial charge in [0.1, 0.15) is 11.9 Å². The standard InChI is InChI=1S/C15H22FN3O4S.ClH/c1-23-11-14(17)15(20)18-7-2-8-19(10-9-18)24(21,22)13-5-3-12(16)4-6-13;/h3-6,14H,2,7-11,17H2,1H3;1H. The first-order chi connectivity index (χ1) is 11.4. The largest absolute Gasteiger partial charge is 0.383 e. The van der Waals surface area contributed by atoms with Gasteiger partial charge in [-0.2, -0.15) is 4.31 Å². The van der Waals surface area contributed by atoms with Crippen molar-refractivity contribution >= 4 is 28.3 Å². The summed E-state index contributed by atoms with van der Waals surface area (Å²) in [6.07, 6.45) is 0.506. The molecule has 1 unspecified atom stereocenters. The average molecular weight is 396 g/mol. The third kappa shape index (κ3) is 5.35. The molecule has 0 saturated carbocycles. The number of halogens is 2. The number of hydrogen-bond acceptors (Lipinski definition) is 5. The first-order valence-electron chi connectivity index (χ1n) is 7.65. The number of nitrogens with two attached hydrogens (primary N) is 1. The molecule has 0 radical (unpaired) electrons. The number of hydrogen-bond donors (Lipinski definition) is 1. The second-order valence-electron chi connectivity index (χ2n) is 5.60. The Balaban J connectivity index is 0.00000312. The quantitative estimate of drug-likeness (QED) is 0.781. The van der Waals surface area contributed by atoms with Gasteiger partial charge in [0.2, 0.25) is 15.9 Å². The Morgan fingerprint density at radius 3 is 2.48 bits per heavy atom. The van der Waals surface area contributed by atoms with Gasteiger partial charge in [-0.05, 0) is 30.7 Å². The SMILES string of the molecule is COCC(N)C(=O)N1CCCN(S(=O)(=O)c2ccc(F)cc2)CC1.Cl. The van der Waals surface area contributed by atoms with E-state index in [1.807, 2.05) is 0 Å². The molecular weight excluding hydrogens is 373 g/mol. The van der Waals surface area contributed by atoms with Crippen molar-refractivity contribution < 1.29 is 22.3 Å². The van der Waals surface area contributed by atoms with Gasteiger partial charge in [0.15, 0.2) is 0 Å². The van der Waals surface area contributed by atoms with E-state index in [1.165, 1.54) is 23.5 Å². The van der Waals surface area contributed by atoms with Gasteiger partial charge in [0, 0.05) is 33.3 Å². The van der Waals surface area contributed by atoms with Gasteiger partial charge in [-0.1, -0.05) is 0 Å². The van der Waals surface area contributed by atoms with Crippen molar-refractivity contribution in [2.75, 3.05) is 39.9 Å². The minimum absolute atomic E-state index is 0. The number of amides is 1. The first kappa shape index (κ1) is 21.8. The molecule has 1 aliphatic rings. The van der Waals surface area contributed by atoms with Crippen LogP contribution in [0.15, 0.2) is 29.2 Å². The zero-order chi connectivity index (χ0) is 17.7. The van der Waals surface area contributed by atoms with E-state index in [2.05, 4.69) is 0 Å². The summed E-state index contributed by atoms with van der Waals surface area (Å²) >= 11 is 0. The van der Waals surface area contributed by atoms with Crippen LogP contribution in [0.1, 0.15) is 6.42 Å². The topological polar surface area (TPSA) is 92.9 Å². The van der Waals surface area contributed by atoms with Crippen LogP contribution in [0.4, 0.5) is 4.39 Å². The van der Waals surface area contributed by atoms with Crippen molar-refractivity contribution in [3.63, 3.8) is 0 Å². The van der Waals surface area contributed by atoms with Gasteiger partial charge in [0.05, 0.1) is 11.5 Å². The molecule has 0 spiro atoms. The van der Waals surface area contributed by atoms with Gasteiger partial charge in [-0.3, -0.25) is 4.79 Å². The summed E-state index contributed by atoms with van der Waals surface area (Å²) < 4.78 is 44.4. The third-order valence-electron chi connectivity index (χ3n) is 3.88. The van der Waals surface area contributed by atoms with Crippen LogP contribution in [0, 0.1) is 5.82 Å². The summed E-state index contributed by atoms with van der Waals surface area (Å²) in [6.45, 7) is 1.28. The van der Waals surface area contributed by atoms with Crippen LogP contribution in [0.25, 0.3) is 0 Å². The van der Waals surface area contributed by atoms with Crippen LogP contribution in [-0.2, 0) is 19.6 Å². The lowest BCUT2D eigenvalue weighted by molar-refractivity contribution is -0.133. The lowest BCUT2D eigenvalue weighted by Gasteiger charge is -2.24. The van der Waals surface area contributed by atoms with E-state index in [-0.39, 0.29) is 42.9 Å². The Labute approximate surface area is 153 Å². The fraction of sp³-hybridized carbons (Fsp3) is 0.533. The minimum atomic E-state index is -3.71. The zero-order valence-corrected chi connectivity index (χ0v) is 15.6. The second kappa shape index (κ2) is 9.44. The molecule has 1 fully saturated rings. The number of sulfonamides is 1. The van der Waals surface area contributed by atoms with E-state index in [4.69, 9.17) is 10.5 Å². The molecule has 1 heterocycles. The van der Waals surface area contributed by atoms with Gasteiger partial charge in [-0.15, -0.1) is 12.4 Å². The molecule has 2 rings (SSSR count). The molecule has 142 valence electrons. The number of carbonyl (C=O) groups is 1. The lowest BCUT2D eigenvalue weighted by Crippen LogP contribution is -2.47. The predicted octanol–water partition coefficient (Wildman–Crippen LogP) is 0.444. The van der Waals surface area contributed by atoms with Gasteiger partial charge in [0.25, 0.3) is 0 Å². The molecule has 0 aliphatic carbocycles. The fourth-order valence-corrected chi connectivity index (χ4v) is 4.07. The minimum Gasteiger partial charge on any atom is -0.383 e. The molecule has 1 amide bonds. The van der Waals surface area contributed by atoms with Crippen molar-refractivity contribution in [2.45, 2.75) is 17.4 Å². The van der Waals surface area contributed by atoms with Crippen LogP contribution in [0.5, 0.6) is 0 Å². The van der Waals surface area contributed by atoms with E-state index in [0.717, 1.165) is 12.1 Å². The maximum Gasteiger partial charge on any atom is 0.243 e. The normalized spacial score (nSPS) is 17.5. The van der Waals surface area contributed by atoms with Crippen LogP contribution in [-0.4, -0.2) is 69.5 Å². The van der Waals surface area contributed by atoms with Crippen LogP contribution in [0.2, 0.25) is 0 Å². The Morgan fingerprint density at radius 1 is 1.24 bits per heavy atom. The van der Waals surface area contributed by atoms with Crippen LogP contribution in [0.3, 0.4) is 0 Å². The van der Waals surface area contributed by atoms with E-state index in [0.29, 0.717) is 19.5 Å². The molecule has 1 aliphatic heterocycles. The Morgan fingerprint density at radius 2 is 1.88 bits per heavy atom. The molecule has 0 aromatic heterocycles. The van der Waals surface area contributed by atoms with Gasteiger partial charge in [-0.25, -0.2) is 12.8 Å². The van der Waals surface area contributed by atoms with Crippen molar-refractivity contribution in [2.24, 2.45) is 5.73 Å². The number of methoxy groups -OCH3 is 1. The van der Waals surface area contributed by atoms with E-state index in [9.17, 15) is 17.6 Å². The number of rotatable bonds is 5. The van der Waals surface area contributed by atoms with E-state index in [1.54, 1.807) is 4.90 Å². The summed E-state index contributed by atoms with van der Waals surface area (Å²) in [5.41, 5.74) is 5.75. The van der Waals surface area contributed by atoms with Gasteiger partial charge < -0.3 is 15.4 Å². The second-order valence-corrected chi connectivity index (χ2v) is 7.54. The average Bonchev–Trinajstić information content (AvgIpc) is 2.81. The van der Waals surface area contributed by atoms with E-state index < -0.39 is 21.9 Å². The molecule has 7 nitrogen and oxygen atoms in total. The third-order valence-corrected chi connectivity index (χ3v) is 5.79. The number of nitrogens with zero attached hydrogens (tertiary/aromatic N) is 2. The van der Waals surface area contributed by atoms with Gasteiger partial charge >= 0.3 is 0 Å². The summed E-state index contributed by atoms with van der Waals surface area (Å²) in [6, 6.07) is 3.96. The number of ether oxygens (including phenoxy) is 1. The molecular formula is C15H23ClFN3O4S. The maximum atomic E-state index is 13.0. The van der Waals surface area contributed by atoms with E-state index >= 15 is 0 Å². The zero-order valence-electron chi connectivity index (χ0n) is 13.9. The molecule has 1 atom stereocenters. The lowest BCUT2D eigenvalue weighted by atomic mass is 10.2. The molecule has 10 heteroatoms. The first-order valence-corrected chi connectivity index (χ1v) is 9.09. The molecule has 0 bridgehead atoms. The summed E-state index contributed by atoms with van der Waals surface area (Å²) in [4.78, 5) is 13.8. The number of carbonyl (C=O) groups excluding carboxylic acids is 1.